The normalized spacial score (nSPS) is 17.8. The summed E-state index contributed by atoms with van der Waals surface area (Å²) in [5.74, 6) is 0.614. The second kappa shape index (κ2) is 9.48. The molecule has 0 spiro atoms. The Morgan fingerprint density at radius 3 is 2.58 bits per heavy atom. The summed E-state index contributed by atoms with van der Waals surface area (Å²) >= 11 is 0. The summed E-state index contributed by atoms with van der Waals surface area (Å²) in [6.07, 6.45) is 1.86. The zero-order chi connectivity index (χ0) is 18.2. The lowest BCUT2D eigenvalue weighted by atomic mass is 10.0. The van der Waals surface area contributed by atoms with Gasteiger partial charge >= 0.3 is 0 Å². The maximum atomic E-state index is 12.4. The third-order valence-electron chi connectivity index (χ3n) is 4.37. The van der Waals surface area contributed by atoms with E-state index in [9.17, 15) is 9.90 Å². The minimum Gasteiger partial charge on any atom is -0.491 e. The van der Waals surface area contributed by atoms with E-state index in [1.807, 2.05) is 18.2 Å². The van der Waals surface area contributed by atoms with Crippen LogP contribution in [0.5, 0.6) is 5.75 Å². The van der Waals surface area contributed by atoms with Crippen molar-refractivity contribution < 1.29 is 19.4 Å². The van der Waals surface area contributed by atoms with Gasteiger partial charge in [-0.1, -0.05) is 30.3 Å². The molecule has 3 rings (SSSR count). The van der Waals surface area contributed by atoms with Gasteiger partial charge in [0.1, 0.15) is 18.5 Å². The first-order valence-electron chi connectivity index (χ1n) is 9.05. The summed E-state index contributed by atoms with van der Waals surface area (Å²) in [6.45, 7) is 2.25. The van der Waals surface area contributed by atoms with Crippen LogP contribution in [0.3, 0.4) is 0 Å². The molecule has 1 aliphatic rings. The zero-order valence-corrected chi connectivity index (χ0v) is 14.8. The molecule has 0 bridgehead atoms. The molecule has 2 aromatic rings. The monoisotopic (exact) mass is 355 g/mol. The molecule has 0 aliphatic carbocycles. The smallest absolute Gasteiger partial charge is 0.193 e. The number of rotatable bonds is 9. The lowest BCUT2D eigenvalue weighted by Crippen LogP contribution is -2.35. The lowest BCUT2D eigenvalue weighted by Gasteiger charge is -2.15. The van der Waals surface area contributed by atoms with Gasteiger partial charge in [0.15, 0.2) is 5.78 Å². The molecule has 1 saturated heterocycles. The van der Waals surface area contributed by atoms with Gasteiger partial charge in [0.25, 0.3) is 0 Å². The van der Waals surface area contributed by atoms with Crippen LogP contribution in [0.1, 0.15) is 28.8 Å². The van der Waals surface area contributed by atoms with Crippen LogP contribution in [0.2, 0.25) is 0 Å². The Bertz CT molecular complexity index is 681. The predicted molar refractivity (Wildman–Crippen MR) is 99.7 cm³/mol. The molecule has 138 valence electrons. The van der Waals surface area contributed by atoms with Gasteiger partial charge in [-0.25, -0.2) is 0 Å². The molecule has 5 nitrogen and oxygen atoms in total. The van der Waals surface area contributed by atoms with Gasteiger partial charge in [0, 0.05) is 30.8 Å². The molecule has 2 atom stereocenters. The van der Waals surface area contributed by atoms with Crippen LogP contribution in [-0.2, 0) is 4.74 Å². The topological polar surface area (TPSA) is 67.8 Å². The first-order valence-corrected chi connectivity index (χ1v) is 9.05. The Labute approximate surface area is 153 Å². The molecule has 2 N–H and O–H groups in total. The number of benzene rings is 2. The molecule has 0 saturated carbocycles. The van der Waals surface area contributed by atoms with E-state index in [0.717, 1.165) is 26.0 Å². The quantitative estimate of drug-likeness (QED) is 0.676. The summed E-state index contributed by atoms with van der Waals surface area (Å²) in [6, 6.07) is 16.2. The molecular formula is C21H25NO4. The summed E-state index contributed by atoms with van der Waals surface area (Å²) in [7, 11) is 0. The van der Waals surface area contributed by atoms with Crippen molar-refractivity contribution in [2.75, 3.05) is 26.3 Å². The van der Waals surface area contributed by atoms with Crippen LogP contribution in [0.25, 0.3) is 0 Å². The van der Waals surface area contributed by atoms with Crippen molar-refractivity contribution in [3.63, 3.8) is 0 Å². The number of carbonyl (C=O) groups excluding carboxylic acids is 1. The highest BCUT2D eigenvalue weighted by Gasteiger charge is 2.15. The van der Waals surface area contributed by atoms with Crippen LogP contribution in [0.15, 0.2) is 54.6 Å². The van der Waals surface area contributed by atoms with Crippen molar-refractivity contribution in [1.29, 1.82) is 0 Å². The Kier molecular flexibility index (Phi) is 6.77. The molecule has 0 amide bonds. The highest BCUT2D eigenvalue weighted by Crippen LogP contribution is 2.16. The molecule has 1 aliphatic heterocycles. The van der Waals surface area contributed by atoms with E-state index in [0.29, 0.717) is 23.4 Å². The molecule has 1 fully saturated rings. The maximum Gasteiger partial charge on any atom is 0.193 e. The number of aliphatic hydroxyl groups is 1. The summed E-state index contributed by atoms with van der Waals surface area (Å²) in [4.78, 5) is 12.4. The van der Waals surface area contributed by atoms with Crippen molar-refractivity contribution >= 4 is 5.78 Å². The first kappa shape index (κ1) is 18.6. The average molecular weight is 355 g/mol. The van der Waals surface area contributed by atoms with Crippen LogP contribution >= 0.6 is 0 Å². The van der Waals surface area contributed by atoms with Gasteiger partial charge in [0.05, 0.1) is 6.10 Å². The number of ether oxygens (including phenoxy) is 2. The fraction of sp³-hybridized carbons (Fsp3) is 0.381. The minimum atomic E-state index is -0.595. The summed E-state index contributed by atoms with van der Waals surface area (Å²) < 4.78 is 11.1. The van der Waals surface area contributed by atoms with Crippen LogP contribution in [0, 0.1) is 0 Å². The van der Waals surface area contributed by atoms with Crippen molar-refractivity contribution in [2.45, 2.75) is 25.0 Å². The molecule has 5 heteroatoms. The van der Waals surface area contributed by atoms with Gasteiger partial charge in [-0.2, -0.15) is 0 Å². The average Bonchev–Trinajstić information content (AvgIpc) is 3.20. The van der Waals surface area contributed by atoms with Gasteiger partial charge in [-0.05, 0) is 37.1 Å². The lowest BCUT2D eigenvalue weighted by molar-refractivity contribution is 0.0881. The third kappa shape index (κ3) is 5.39. The first-order chi connectivity index (χ1) is 12.7. The molecule has 26 heavy (non-hydrogen) atoms. The Morgan fingerprint density at radius 2 is 1.88 bits per heavy atom. The molecule has 0 unspecified atom stereocenters. The molecule has 0 radical (unpaired) electrons. The van der Waals surface area contributed by atoms with Gasteiger partial charge in [-0.3, -0.25) is 4.79 Å². The van der Waals surface area contributed by atoms with E-state index in [1.165, 1.54) is 0 Å². The SMILES string of the molecule is O=C(c1ccccc1)c1ccc(OC[C@@H](O)CNC[C@@H]2CCCO2)cc1. The van der Waals surface area contributed by atoms with Crippen LogP contribution in [0.4, 0.5) is 0 Å². The molecule has 0 aromatic heterocycles. The number of ketones is 1. The third-order valence-corrected chi connectivity index (χ3v) is 4.37. The Hall–Kier alpha value is -2.21. The van der Waals surface area contributed by atoms with Gasteiger partial charge in [0.2, 0.25) is 0 Å². The van der Waals surface area contributed by atoms with Gasteiger partial charge in [-0.15, -0.1) is 0 Å². The van der Waals surface area contributed by atoms with Crippen molar-refractivity contribution in [3.05, 3.63) is 65.7 Å². The minimum absolute atomic E-state index is 0.0180. The summed E-state index contributed by atoms with van der Waals surface area (Å²) in [5, 5.41) is 13.2. The maximum absolute atomic E-state index is 12.4. The van der Waals surface area contributed by atoms with Crippen molar-refractivity contribution in [1.82, 2.24) is 5.32 Å². The highest BCUT2D eigenvalue weighted by atomic mass is 16.5. The highest BCUT2D eigenvalue weighted by molar-refractivity contribution is 6.08. The fourth-order valence-corrected chi connectivity index (χ4v) is 2.93. The standard InChI is InChI=1S/C21H25NO4/c23-18(13-22-14-20-7-4-12-25-20)15-26-19-10-8-17(9-11-19)21(24)16-5-2-1-3-6-16/h1-3,5-6,8-11,18,20,22-23H,4,7,12-15H2/t18-,20-/m0/s1. The fourth-order valence-electron chi connectivity index (χ4n) is 2.93. The largest absolute Gasteiger partial charge is 0.491 e. The number of nitrogens with one attached hydrogen (secondary N) is 1. The summed E-state index contributed by atoms with van der Waals surface area (Å²) in [5.41, 5.74) is 1.27. The zero-order valence-electron chi connectivity index (χ0n) is 14.8. The van der Waals surface area contributed by atoms with Crippen LogP contribution in [-0.4, -0.2) is 49.4 Å². The van der Waals surface area contributed by atoms with E-state index in [2.05, 4.69) is 5.32 Å². The van der Waals surface area contributed by atoms with Crippen LogP contribution < -0.4 is 10.1 Å². The van der Waals surface area contributed by atoms with E-state index in [-0.39, 0.29) is 18.5 Å². The molecule has 2 aromatic carbocycles. The van der Waals surface area contributed by atoms with Crippen molar-refractivity contribution in [2.24, 2.45) is 0 Å². The van der Waals surface area contributed by atoms with E-state index >= 15 is 0 Å². The van der Waals surface area contributed by atoms with Gasteiger partial charge < -0.3 is 19.9 Å². The number of aliphatic hydroxyl groups excluding tert-OH is 1. The molecule has 1 heterocycles. The van der Waals surface area contributed by atoms with Crippen molar-refractivity contribution in [3.8, 4) is 5.75 Å². The van der Waals surface area contributed by atoms with E-state index < -0.39 is 6.10 Å². The second-order valence-electron chi connectivity index (χ2n) is 6.48. The number of carbonyl (C=O) groups is 1. The number of hydrogen-bond acceptors (Lipinski definition) is 5. The number of hydrogen-bond donors (Lipinski definition) is 2. The molecular weight excluding hydrogens is 330 g/mol. The Balaban J connectivity index is 1.41. The predicted octanol–water partition coefficient (Wildman–Crippen LogP) is 2.43. The Morgan fingerprint density at radius 1 is 1.15 bits per heavy atom. The van der Waals surface area contributed by atoms with E-state index in [1.54, 1.807) is 36.4 Å². The second-order valence-corrected chi connectivity index (χ2v) is 6.48. The van der Waals surface area contributed by atoms with E-state index in [4.69, 9.17) is 9.47 Å².